The molecule has 0 unspecified atom stereocenters. The zero-order valence-electron chi connectivity index (χ0n) is 14.4. The number of hydrogen-bond donors (Lipinski definition) is 2. The van der Waals surface area contributed by atoms with Gasteiger partial charge in [-0.2, -0.15) is 0 Å². The van der Waals surface area contributed by atoms with Crippen LogP contribution in [0, 0.1) is 0 Å². The molecule has 0 saturated carbocycles. The third-order valence-electron chi connectivity index (χ3n) is 3.77. The first kappa shape index (κ1) is 18.4. The van der Waals surface area contributed by atoms with E-state index < -0.39 is 24.5 Å². The van der Waals surface area contributed by atoms with Crippen molar-refractivity contribution >= 4 is 28.7 Å². The minimum Gasteiger partial charge on any atom is -0.455 e. The summed E-state index contributed by atoms with van der Waals surface area (Å²) in [5.74, 6) is -1.18. The van der Waals surface area contributed by atoms with Crippen LogP contribution in [0.1, 0.15) is 25.8 Å². The van der Waals surface area contributed by atoms with E-state index in [1.165, 1.54) is 0 Å². The number of amides is 3. The molecule has 2 aromatic rings. The number of hydrogen-bond acceptors (Lipinski definition) is 4. The number of imide groups is 1. The number of rotatable bonds is 6. The van der Waals surface area contributed by atoms with Crippen molar-refractivity contribution in [3.05, 3.63) is 48.0 Å². The number of carbonyl (C=O) groups excluding carboxylic acids is 3. The van der Waals surface area contributed by atoms with Crippen LogP contribution in [0.4, 0.5) is 4.79 Å². The predicted octanol–water partition coefficient (Wildman–Crippen LogP) is 2.55. The van der Waals surface area contributed by atoms with Gasteiger partial charge in [0.1, 0.15) is 0 Å². The third kappa shape index (κ3) is 5.91. The van der Waals surface area contributed by atoms with Gasteiger partial charge in [-0.05, 0) is 29.7 Å². The minimum absolute atomic E-state index is 0.0387. The molecule has 2 aromatic carbocycles. The molecule has 0 aliphatic rings. The van der Waals surface area contributed by atoms with Crippen LogP contribution in [-0.4, -0.2) is 30.6 Å². The molecule has 0 fully saturated rings. The molecule has 0 aliphatic carbocycles. The van der Waals surface area contributed by atoms with Gasteiger partial charge in [-0.3, -0.25) is 14.9 Å². The summed E-state index contributed by atoms with van der Waals surface area (Å²) >= 11 is 0. The number of nitrogens with one attached hydrogen (secondary N) is 2. The fraction of sp³-hybridized carbons (Fsp3) is 0.316. The van der Waals surface area contributed by atoms with Crippen molar-refractivity contribution in [2.75, 3.05) is 6.61 Å². The molecule has 0 aliphatic heterocycles. The summed E-state index contributed by atoms with van der Waals surface area (Å²) in [5, 5.41) is 6.84. The third-order valence-corrected chi connectivity index (χ3v) is 3.77. The van der Waals surface area contributed by atoms with Gasteiger partial charge in [-0.1, -0.05) is 49.4 Å². The van der Waals surface area contributed by atoms with E-state index in [0.29, 0.717) is 0 Å². The maximum Gasteiger partial charge on any atom is 0.321 e. The lowest BCUT2D eigenvalue weighted by Crippen LogP contribution is -2.44. The lowest BCUT2D eigenvalue weighted by atomic mass is 10.1. The summed E-state index contributed by atoms with van der Waals surface area (Å²) in [6.45, 7) is 3.26. The van der Waals surface area contributed by atoms with E-state index in [9.17, 15) is 14.4 Å². The molecule has 2 N–H and O–H groups in total. The monoisotopic (exact) mass is 342 g/mol. The van der Waals surface area contributed by atoms with Crippen LogP contribution in [0.5, 0.6) is 0 Å². The van der Waals surface area contributed by atoms with Crippen LogP contribution in [-0.2, 0) is 20.7 Å². The zero-order chi connectivity index (χ0) is 18.2. The molecule has 0 heterocycles. The van der Waals surface area contributed by atoms with Gasteiger partial charge in [-0.25, -0.2) is 4.79 Å². The number of esters is 1. The molecule has 0 radical (unpaired) electrons. The van der Waals surface area contributed by atoms with Crippen molar-refractivity contribution in [3.8, 4) is 0 Å². The van der Waals surface area contributed by atoms with Crippen molar-refractivity contribution in [1.82, 2.24) is 10.6 Å². The molecule has 132 valence electrons. The van der Waals surface area contributed by atoms with Crippen LogP contribution < -0.4 is 10.6 Å². The van der Waals surface area contributed by atoms with Crippen molar-refractivity contribution < 1.29 is 19.1 Å². The van der Waals surface area contributed by atoms with E-state index >= 15 is 0 Å². The maximum atomic E-state index is 11.9. The van der Waals surface area contributed by atoms with Crippen molar-refractivity contribution in [3.63, 3.8) is 0 Å². The first-order valence-electron chi connectivity index (χ1n) is 8.21. The minimum atomic E-state index is -0.660. The zero-order valence-corrected chi connectivity index (χ0v) is 14.4. The Morgan fingerprint density at radius 1 is 1.08 bits per heavy atom. The maximum absolute atomic E-state index is 11.9. The van der Waals surface area contributed by atoms with Crippen LogP contribution in [0.2, 0.25) is 0 Å². The second-order valence-corrected chi connectivity index (χ2v) is 5.85. The van der Waals surface area contributed by atoms with E-state index in [4.69, 9.17) is 4.74 Å². The van der Waals surface area contributed by atoms with Gasteiger partial charge < -0.3 is 10.1 Å². The van der Waals surface area contributed by atoms with Crippen molar-refractivity contribution in [1.29, 1.82) is 0 Å². The number of carbonyl (C=O) groups is 3. The van der Waals surface area contributed by atoms with E-state index in [2.05, 4.69) is 10.6 Å². The molecular formula is C19H22N2O4. The first-order valence-corrected chi connectivity index (χ1v) is 8.21. The highest BCUT2D eigenvalue weighted by Gasteiger charge is 2.12. The summed E-state index contributed by atoms with van der Waals surface area (Å²) in [5.41, 5.74) is 0.804. The topological polar surface area (TPSA) is 84.5 Å². The SMILES string of the molecule is CC[C@H](C)NC(=O)NC(=O)COC(=O)Cc1ccc2ccccc2c1. The van der Waals surface area contributed by atoms with Gasteiger partial charge >= 0.3 is 12.0 Å². The van der Waals surface area contributed by atoms with Gasteiger partial charge in [0.2, 0.25) is 0 Å². The summed E-state index contributed by atoms with van der Waals surface area (Å²) in [6.07, 6.45) is 0.819. The predicted molar refractivity (Wildman–Crippen MR) is 95.0 cm³/mol. The second kappa shape index (κ2) is 8.82. The number of urea groups is 1. The molecule has 2 rings (SSSR count). The Bertz CT molecular complexity index is 773. The average molecular weight is 342 g/mol. The quantitative estimate of drug-likeness (QED) is 0.790. The van der Waals surface area contributed by atoms with Crippen LogP contribution in [0.3, 0.4) is 0 Å². The lowest BCUT2D eigenvalue weighted by Gasteiger charge is -2.11. The smallest absolute Gasteiger partial charge is 0.321 e. The molecule has 6 heteroatoms. The Kier molecular flexibility index (Phi) is 6.51. The highest BCUT2D eigenvalue weighted by atomic mass is 16.5. The van der Waals surface area contributed by atoms with Crippen LogP contribution in [0.25, 0.3) is 10.8 Å². The molecule has 1 atom stereocenters. The number of fused-ring (bicyclic) bond motifs is 1. The second-order valence-electron chi connectivity index (χ2n) is 5.85. The van der Waals surface area contributed by atoms with Gasteiger partial charge in [-0.15, -0.1) is 0 Å². The van der Waals surface area contributed by atoms with E-state index in [1.54, 1.807) is 0 Å². The Labute approximate surface area is 146 Å². The first-order chi connectivity index (χ1) is 12.0. The molecule has 25 heavy (non-hydrogen) atoms. The molecule has 0 bridgehead atoms. The highest BCUT2D eigenvalue weighted by molar-refractivity contribution is 5.95. The fourth-order valence-electron chi connectivity index (χ4n) is 2.24. The number of ether oxygens (including phenoxy) is 1. The average Bonchev–Trinajstić information content (AvgIpc) is 2.59. The van der Waals surface area contributed by atoms with Crippen molar-refractivity contribution in [2.45, 2.75) is 32.7 Å². The van der Waals surface area contributed by atoms with Crippen molar-refractivity contribution in [2.24, 2.45) is 0 Å². The summed E-state index contributed by atoms with van der Waals surface area (Å²) in [6, 6.07) is 12.9. The summed E-state index contributed by atoms with van der Waals surface area (Å²) in [4.78, 5) is 35.0. The number of benzene rings is 2. The largest absolute Gasteiger partial charge is 0.455 e. The summed E-state index contributed by atoms with van der Waals surface area (Å²) in [7, 11) is 0. The Hall–Kier alpha value is -2.89. The highest BCUT2D eigenvalue weighted by Crippen LogP contribution is 2.16. The van der Waals surface area contributed by atoms with Crippen LogP contribution in [0.15, 0.2) is 42.5 Å². The van der Waals surface area contributed by atoms with E-state index in [1.807, 2.05) is 56.3 Å². The van der Waals surface area contributed by atoms with E-state index in [0.717, 1.165) is 22.8 Å². The van der Waals surface area contributed by atoms with Gasteiger partial charge in [0.05, 0.1) is 6.42 Å². The standard InChI is InChI=1S/C19H22N2O4/c1-3-13(2)20-19(24)21-17(22)12-25-18(23)11-14-8-9-15-6-4-5-7-16(15)10-14/h4-10,13H,3,11-12H2,1-2H3,(H2,20,21,22,24)/t13-/m0/s1. The Balaban J connectivity index is 1.79. The molecule has 0 aromatic heterocycles. The fourth-order valence-corrected chi connectivity index (χ4v) is 2.24. The Morgan fingerprint density at radius 2 is 1.80 bits per heavy atom. The summed E-state index contributed by atoms with van der Waals surface area (Å²) < 4.78 is 4.92. The van der Waals surface area contributed by atoms with Gasteiger partial charge in [0, 0.05) is 6.04 Å². The molecule has 6 nitrogen and oxygen atoms in total. The van der Waals surface area contributed by atoms with Gasteiger partial charge in [0.15, 0.2) is 6.61 Å². The Morgan fingerprint density at radius 3 is 2.52 bits per heavy atom. The molecule has 0 spiro atoms. The van der Waals surface area contributed by atoms with Gasteiger partial charge in [0.25, 0.3) is 5.91 Å². The molecular weight excluding hydrogens is 320 g/mol. The lowest BCUT2D eigenvalue weighted by molar-refractivity contribution is -0.147. The normalized spacial score (nSPS) is 11.6. The molecule has 0 saturated heterocycles. The van der Waals surface area contributed by atoms with E-state index in [-0.39, 0.29) is 12.5 Å². The molecule has 3 amide bonds. The van der Waals surface area contributed by atoms with Crippen LogP contribution >= 0.6 is 0 Å².